The molecule has 0 spiro atoms. The highest BCUT2D eigenvalue weighted by molar-refractivity contribution is 5.41. The Morgan fingerprint density at radius 1 is 0.941 bits per heavy atom. The lowest BCUT2D eigenvalue weighted by Crippen LogP contribution is -2.57. The van der Waals surface area contributed by atoms with Gasteiger partial charge in [0.15, 0.2) is 0 Å². The van der Waals surface area contributed by atoms with E-state index < -0.39 is 6.10 Å². The van der Waals surface area contributed by atoms with E-state index in [0.29, 0.717) is 17.8 Å². The van der Waals surface area contributed by atoms with Gasteiger partial charge < -0.3 is 10.2 Å². The monoisotopic (exact) mass is 470 g/mol. The van der Waals surface area contributed by atoms with Crippen molar-refractivity contribution in [2.24, 2.45) is 45.3 Å². The first kappa shape index (κ1) is 26.5. The van der Waals surface area contributed by atoms with E-state index in [2.05, 4.69) is 55.0 Å². The molecule has 0 saturated heterocycles. The zero-order chi connectivity index (χ0) is 25.1. The lowest BCUT2D eigenvalue weighted by Gasteiger charge is -2.63. The Hall–Kier alpha value is -0.600. The molecule has 0 bridgehead atoms. The zero-order valence-corrected chi connectivity index (χ0v) is 23.4. The van der Waals surface area contributed by atoms with Gasteiger partial charge in [0, 0.05) is 5.41 Å². The minimum Gasteiger partial charge on any atom is -0.393 e. The summed E-state index contributed by atoms with van der Waals surface area (Å²) in [6.07, 6.45) is 14.1. The van der Waals surface area contributed by atoms with Crippen molar-refractivity contribution in [2.45, 2.75) is 131 Å². The summed E-state index contributed by atoms with van der Waals surface area (Å²) in [5.74, 6) is 2.69. The van der Waals surface area contributed by atoms with Gasteiger partial charge in [-0.15, -0.1) is 6.58 Å². The van der Waals surface area contributed by atoms with Crippen molar-refractivity contribution >= 4 is 0 Å². The molecule has 0 amide bonds. The fraction of sp³-hybridized carbons (Fsp3) is 0.875. The fourth-order valence-electron chi connectivity index (χ4n) is 10.2. The van der Waals surface area contributed by atoms with Crippen LogP contribution in [0.2, 0.25) is 0 Å². The molecule has 0 aromatic carbocycles. The highest BCUT2D eigenvalue weighted by Gasteiger charge is 2.66. The van der Waals surface area contributed by atoms with Gasteiger partial charge in [-0.2, -0.15) is 0 Å². The number of hydrogen-bond acceptors (Lipinski definition) is 2. The molecular formula is C32H54O2. The van der Waals surface area contributed by atoms with Crippen LogP contribution in [0.1, 0.15) is 119 Å². The van der Waals surface area contributed by atoms with Crippen LogP contribution in [0.4, 0.5) is 0 Å². The lowest BCUT2D eigenvalue weighted by atomic mass is 9.42. The van der Waals surface area contributed by atoms with Crippen LogP contribution in [0.25, 0.3) is 0 Å². The molecule has 0 aromatic rings. The molecule has 2 N–H and O–H groups in total. The largest absolute Gasteiger partial charge is 0.393 e. The number of rotatable bonds is 7. The standard InChI is InChI=1S/C32H54O2/c1-9-27(33)32-20-16-23(22(4)12-10-11-21(2)3)31(32,8)19-15-24-25(32)13-14-26-29(5,6)28(34)17-18-30(24,26)7/h9,21-23,26-28,33-34H,1,10-20H2,2-8H3/t22-,23-,26+,27-,28+,30-,31-,32-/m1/s1. The van der Waals surface area contributed by atoms with Crippen LogP contribution in [0.15, 0.2) is 23.8 Å². The van der Waals surface area contributed by atoms with Gasteiger partial charge in [-0.05, 0) is 91.3 Å². The van der Waals surface area contributed by atoms with Gasteiger partial charge in [0.25, 0.3) is 0 Å². The van der Waals surface area contributed by atoms with E-state index in [4.69, 9.17) is 0 Å². The summed E-state index contributed by atoms with van der Waals surface area (Å²) in [5, 5.41) is 22.6. The average Bonchev–Trinajstić information content (AvgIpc) is 3.10. The third kappa shape index (κ3) is 3.63. The Labute approximate surface area is 210 Å². The van der Waals surface area contributed by atoms with E-state index >= 15 is 0 Å². The highest BCUT2D eigenvalue weighted by atomic mass is 16.3. The van der Waals surface area contributed by atoms with E-state index in [9.17, 15) is 10.2 Å². The van der Waals surface area contributed by atoms with Gasteiger partial charge in [0.1, 0.15) is 0 Å². The molecule has 2 heteroatoms. The number of aliphatic hydroxyl groups excluding tert-OH is 2. The summed E-state index contributed by atoms with van der Waals surface area (Å²) in [7, 11) is 0. The first-order chi connectivity index (χ1) is 15.9. The van der Waals surface area contributed by atoms with Crippen molar-refractivity contribution in [3.8, 4) is 0 Å². The van der Waals surface area contributed by atoms with E-state index in [0.717, 1.165) is 38.0 Å². The van der Waals surface area contributed by atoms with Crippen molar-refractivity contribution in [1.82, 2.24) is 0 Å². The van der Waals surface area contributed by atoms with Crippen LogP contribution >= 0.6 is 0 Å². The molecule has 0 aromatic heterocycles. The molecule has 2 saturated carbocycles. The van der Waals surface area contributed by atoms with Gasteiger partial charge in [-0.1, -0.05) is 85.0 Å². The molecule has 0 aliphatic heterocycles. The summed E-state index contributed by atoms with van der Waals surface area (Å²) < 4.78 is 0. The minimum atomic E-state index is -0.460. The Bertz CT molecular complexity index is 808. The highest BCUT2D eigenvalue weighted by Crippen LogP contribution is 2.73. The summed E-state index contributed by atoms with van der Waals surface area (Å²) in [5.41, 5.74) is 3.41. The third-order valence-corrected chi connectivity index (χ3v) is 12.2. The lowest BCUT2D eigenvalue weighted by molar-refractivity contribution is -0.104. The molecule has 8 atom stereocenters. The quantitative estimate of drug-likeness (QED) is 0.369. The van der Waals surface area contributed by atoms with Crippen LogP contribution in [0, 0.1) is 45.3 Å². The van der Waals surface area contributed by atoms with Crippen molar-refractivity contribution in [2.75, 3.05) is 0 Å². The SMILES string of the molecule is C=C[C@@H](O)[C@]12CC[C@H]([C@H](C)CCCC(C)C)[C@@]1(C)CCC1=C2CC[C@H]2C(C)(C)[C@@H](O)CC[C@]12C. The fourth-order valence-corrected chi connectivity index (χ4v) is 10.2. The molecule has 0 heterocycles. The molecule has 2 nitrogen and oxygen atoms in total. The van der Waals surface area contributed by atoms with Gasteiger partial charge >= 0.3 is 0 Å². The van der Waals surface area contributed by atoms with Crippen molar-refractivity contribution in [3.05, 3.63) is 23.8 Å². The molecular weight excluding hydrogens is 416 g/mol. The molecule has 4 aliphatic rings. The molecule has 0 unspecified atom stereocenters. The van der Waals surface area contributed by atoms with Crippen molar-refractivity contribution in [3.63, 3.8) is 0 Å². The smallest absolute Gasteiger partial charge is 0.0817 e. The van der Waals surface area contributed by atoms with Gasteiger partial charge in [0.2, 0.25) is 0 Å². The van der Waals surface area contributed by atoms with E-state index in [1.54, 1.807) is 11.1 Å². The Kier molecular flexibility index (Phi) is 7.05. The van der Waals surface area contributed by atoms with Crippen LogP contribution in [-0.2, 0) is 0 Å². The number of hydrogen-bond donors (Lipinski definition) is 2. The Balaban J connectivity index is 1.74. The second kappa shape index (κ2) is 9.05. The Morgan fingerprint density at radius 2 is 1.65 bits per heavy atom. The molecule has 194 valence electrons. The van der Waals surface area contributed by atoms with Crippen LogP contribution in [-0.4, -0.2) is 22.4 Å². The van der Waals surface area contributed by atoms with Crippen molar-refractivity contribution in [1.29, 1.82) is 0 Å². The van der Waals surface area contributed by atoms with Gasteiger partial charge in [0.05, 0.1) is 12.2 Å². The summed E-state index contributed by atoms with van der Waals surface area (Å²) in [6, 6.07) is 0. The normalized spacial score (nSPS) is 43.2. The summed E-state index contributed by atoms with van der Waals surface area (Å²) in [6.45, 7) is 21.0. The maximum Gasteiger partial charge on any atom is 0.0817 e. The molecule has 34 heavy (non-hydrogen) atoms. The molecule has 0 radical (unpaired) electrons. The number of fused-ring (bicyclic) bond motifs is 4. The van der Waals surface area contributed by atoms with E-state index in [1.165, 1.54) is 38.5 Å². The third-order valence-electron chi connectivity index (χ3n) is 12.2. The number of aliphatic hydroxyl groups is 2. The van der Waals surface area contributed by atoms with E-state index in [-0.39, 0.29) is 27.8 Å². The second-order valence-corrected chi connectivity index (χ2v) is 14.4. The minimum absolute atomic E-state index is 0.0420. The predicted octanol–water partition coefficient (Wildman–Crippen LogP) is 8.09. The van der Waals surface area contributed by atoms with Gasteiger partial charge in [-0.3, -0.25) is 0 Å². The van der Waals surface area contributed by atoms with Crippen molar-refractivity contribution < 1.29 is 10.2 Å². The first-order valence-corrected chi connectivity index (χ1v) is 14.6. The van der Waals surface area contributed by atoms with Crippen LogP contribution in [0.3, 0.4) is 0 Å². The maximum absolute atomic E-state index is 11.7. The molecule has 4 rings (SSSR count). The molecule has 2 fully saturated rings. The summed E-state index contributed by atoms with van der Waals surface area (Å²) in [4.78, 5) is 0. The maximum atomic E-state index is 11.7. The van der Waals surface area contributed by atoms with E-state index in [1.807, 2.05) is 6.08 Å². The average molecular weight is 471 g/mol. The second-order valence-electron chi connectivity index (χ2n) is 14.4. The van der Waals surface area contributed by atoms with Gasteiger partial charge in [-0.25, -0.2) is 0 Å². The number of allylic oxidation sites excluding steroid dienone is 1. The van der Waals surface area contributed by atoms with Crippen LogP contribution in [0.5, 0.6) is 0 Å². The Morgan fingerprint density at radius 3 is 2.29 bits per heavy atom. The van der Waals surface area contributed by atoms with Crippen LogP contribution < -0.4 is 0 Å². The predicted molar refractivity (Wildman–Crippen MR) is 143 cm³/mol. The topological polar surface area (TPSA) is 40.5 Å². The molecule has 4 aliphatic carbocycles. The summed E-state index contributed by atoms with van der Waals surface area (Å²) >= 11 is 0. The first-order valence-electron chi connectivity index (χ1n) is 14.6. The zero-order valence-electron chi connectivity index (χ0n) is 23.4.